The minimum atomic E-state index is 0.0591. The Bertz CT molecular complexity index is 923. The van der Waals surface area contributed by atoms with Crippen LogP contribution in [0.2, 0.25) is 0 Å². The summed E-state index contributed by atoms with van der Waals surface area (Å²) in [4.78, 5) is 14.6. The van der Waals surface area contributed by atoms with Gasteiger partial charge in [0.05, 0.1) is 0 Å². The maximum Gasteiger partial charge on any atom is 0.152 e. The first-order chi connectivity index (χ1) is 11.3. The van der Waals surface area contributed by atoms with Crippen molar-refractivity contribution in [3.05, 3.63) is 65.7 Å². The van der Waals surface area contributed by atoms with Crippen LogP contribution < -0.4 is 0 Å². The summed E-state index contributed by atoms with van der Waals surface area (Å²) in [6, 6.07) is 17.0. The first-order valence-corrected chi connectivity index (χ1v) is 8.25. The van der Waals surface area contributed by atoms with Crippen LogP contribution in [-0.4, -0.2) is 10.8 Å². The Hall–Kier alpha value is -2.61. The van der Waals surface area contributed by atoms with Gasteiger partial charge in [0, 0.05) is 16.6 Å². The lowest BCUT2D eigenvalue weighted by Gasteiger charge is -2.19. The molecule has 0 atom stereocenters. The van der Waals surface area contributed by atoms with E-state index in [2.05, 4.69) is 68.2 Å². The van der Waals surface area contributed by atoms with Gasteiger partial charge in [-0.3, -0.25) is 4.79 Å². The second-order valence-corrected chi connectivity index (χ2v) is 7.30. The number of carbonyl (C=O) groups excluding carboxylic acids is 1. The predicted molar refractivity (Wildman–Crippen MR) is 102 cm³/mol. The van der Waals surface area contributed by atoms with Gasteiger partial charge in [-0.2, -0.15) is 0 Å². The summed E-state index contributed by atoms with van der Waals surface area (Å²) < 4.78 is 0. The average molecular weight is 317 g/mol. The van der Waals surface area contributed by atoms with E-state index in [9.17, 15) is 4.79 Å². The van der Waals surface area contributed by atoms with Crippen molar-refractivity contribution in [3.63, 3.8) is 0 Å². The standard InChI is InChI=1S/C22H23NO/c1-15(24)8-9-16-10-11-20-18(12-16)14-21(23-20)17-6-5-7-19(13-17)22(2,3)4/h5-14,23H,1-4H3/b9-8+. The Morgan fingerprint density at radius 3 is 2.54 bits per heavy atom. The molecule has 0 saturated carbocycles. The Labute approximate surface area is 143 Å². The summed E-state index contributed by atoms with van der Waals surface area (Å²) in [6.45, 7) is 8.24. The molecule has 24 heavy (non-hydrogen) atoms. The Kier molecular flexibility index (Phi) is 4.15. The highest BCUT2D eigenvalue weighted by Crippen LogP contribution is 2.29. The summed E-state index contributed by atoms with van der Waals surface area (Å²) in [7, 11) is 0. The number of benzene rings is 2. The van der Waals surface area contributed by atoms with Crippen LogP contribution in [0.1, 0.15) is 38.8 Å². The zero-order valence-electron chi connectivity index (χ0n) is 14.7. The van der Waals surface area contributed by atoms with Crippen LogP contribution in [0.3, 0.4) is 0 Å². The normalized spacial score (nSPS) is 12.2. The van der Waals surface area contributed by atoms with E-state index in [-0.39, 0.29) is 11.2 Å². The van der Waals surface area contributed by atoms with Crippen LogP contribution in [0.15, 0.2) is 54.6 Å². The number of aromatic amines is 1. The number of fused-ring (bicyclic) bond motifs is 1. The monoisotopic (exact) mass is 317 g/mol. The third-order valence-electron chi connectivity index (χ3n) is 4.19. The van der Waals surface area contributed by atoms with Gasteiger partial charge in [0.1, 0.15) is 0 Å². The second-order valence-electron chi connectivity index (χ2n) is 7.30. The summed E-state index contributed by atoms with van der Waals surface area (Å²) >= 11 is 0. The molecule has 3 rings (SSSR count). The molecule has 0 radical (unpaired) electrons. The van der Waals surface area contributed by atoms with Crippen LogP contribution in [-0.2, 0) is 10.2 Å². The van der Waals surface area contributed by atoms with E-state index in [1.165, 1.54) is 11.1 Å². The smallest absolute Gasteiger partial charge is 0.152 e. The number of carbonyl (C=O) groups is 1. The lowest BCUT2D eigenvalue weighted by atomic mass is 9.86. The van der Waals surface area contributed by atoms with Crippen molar-refractivity contribution < 1.29 is 4.79 Å². The molecule has 1 aromatic heterocycles. The molecular weight excluding hydrogens is 294 g/mol. The lowest BCUT2D eigenvalue weighted by Crippen LogP contribution is -2.10. The zero-order chi connectivity index (χ0) is 17.3. The molecule has 1 N–H and O–H groups in total. The van der Waals surface area contributed by atoms with Crippen molar-refractivity contribution in [1.82, 2.24) is 4.98 Å². The molecule has 0 aliphatic carbocycles. The van der Waals surface area contributed by atoms with Crippen molar-refractivity contribution in [3.8, 4) is 11.3 Å². The first-order valence-electron chi connectivity index (χ1n) is 8.25. The highest BCUT2D eigenvalue weighted by Gasteiger charge is 2.14. The molecular formula is C22H23NO. The van der Waals surface area contributed by atoms with Gasteiger partial charge in [0.15, 0.2) is 5.78 Å². The van der Waals surface area contributed by atoms with Gasteiger partial charge < -0.3 is 4.98 Å². The van der Waals surface area contributed by atoms with Gasteiger partial charge in [-0.25, -0.2) is 0 Å². The number of rotatable bonds is 3. The van der Waals surface area contributed by atoms with E-state index in [0.717, 1.165) is 22.2 Å². The van der Waals surface area contributed by atoms with Crippen LogP contribution in [0.4, 0.5) is 0 Å². The number of ketones is 1. The second kappa shape index (κ2) is 6.12. The number of allylic oxidation sites excluding steroid dienone is 1. The predicted octanol–water partition coefficient (Wildman–Crippen LogP) is 5.73. The third kappa shape index (κ3) is 3.48. The summed E-state index contributed by atoms with van der Waals surface area (Å²) in [5.41, 5.74) is 5.90. The Morgan fingerprint density at radius 1 is 1.04 bits per heavy atom. The van der Waals surface area contributed by atoms with Gasteiger partial charge in [0.25, 0.3) is 0 Å². The van der Waals surface area contributed by atoms with Gasteiger partial charge in [-0.1, -0.05) is 51.1 Å². The van der Waals surface area contributed by atoms with Crippen molar-refractivity contribution in [1.29, 1.82) is 0 Å². The molecule has 2 nitrogen and oxygen atoms in total. The quantitative estimate of drug-likeness (QED) is 0.614. The number of nitrogens with one attached hydrogen (secondary N) is 1. The van der Waals surface area contributed by atoms with Crippen LogP contribution in [0.5, 0.6) is 0 Å². The molecule has 2 heteroatoms. The SMILES string of the molecule is CC(=O)/C=C/c1ccc2[nH]c(-c3cccc(C(C)(C)C)c3)cc2c1. The van der Waals surface area contributed by atoms with Gasteiger partial charge in [-0.15, -0.1) is 0 Å². The number of H-pyrrole nitrogens is 1. The van der Waals surface area contributed by atoms with E-state index >= 15 is 0 Å². The molecule has 0 spiro atoms. The minimum absolute atomic E-state index is 0.0591. The van der Waals surface area contributed by atoms with Gasteiger partial charge in [0.2, 0.25) is 0 Å². The topological polar surface area (TPSA) is 32.9 Å². The fourth-order valence-corrected chi connectivity index (χ4v) is 2.78. The third-order valence-corrected chi connectivity index (χ3v) is 4.19. The summed E-state index contributed by atoms with van der Waals surface area (Å²) in [5, 5.41) is 1.15. The summed E-state index contributed by atoms with van der Waals surface area (Å²) in [5.74, 6) is 0.0591. The maximum atomic E-state index is 11.1. The van der Waals surface area contributed by atoms with Crippen molar-refractivity contribution in [2.75, 3.05) is 0 Å². The lowest BCUT2D eigenvalue weighted by molar-refractivity contribution is -0.112. The molecule has 0 fully saturated rings. The summed E-state index contributed by atoms with van der Waals surface area (Å²) in [6.07, 6.45) is 3.45. The molecule has 0 amide bonds. The fraction of sp³-hybridized carbons (Fsp3) is 0.227. The Balaban J connectivity index is 2.01. The molecule has 3 aromatic rings. The largest absolute Gasteiger partial charge is 0.355 e. The number of aromatic nitrogens is 1. The molecule has 0 aliphatic rings. The van der Waals surface area contributed by atoms with Crippen molar-refractivity contribution >= 4 is 22.8 Å². The van der Waals surface area contributed by atoms with E-state index < -0.39 is 0 Å². The first kappa shape index (κ1) is 16.3. The zero-order valence-corrected chi connectivity index (χ0v) is 14.7. The van der Waals surface area contributed by atoms with Gasteiger partial charge >= 0.3 is 0 Å². The Morgan fingerprint density at radius 2 is 1.83 bits per heavy atom. The minimum Gasteiger partial charge on any atom is -0.355 e. The highest BCUT2D eigenvalue weighted by atomic mass is 16.1. The molecule has 0 saturated heterocycles. The van der Waals surface area contributed by atoms with E-state index in [4.69, 9.17) is 0 Å². The average Bonchev–Trinajstić information content (AvgIpc) is 2.95. The highest BCUT2D eigenvalue weighted by molar-refractivity contribution is 5.93. The molecule has 122 valence electrons. The van der Waals surface area contributed by atoms with E-state index in [1.54, 1.807) is 13.0 Å². The number of hydrogen-bond acceptors (Lipinski definition) is 1. The van der Waals surface area contributed by atoms with Crippen molar-refractivity contribution in [2.24, 2.45) is 0 Å². The maximum absolute atomic E-state index is 11.1. The number of hydrogen-bond donors (Lipinski definition) is 1. The van der Waals surface area contributed by atoms with Crippen LogP contribution in [0.25, 0.3) is 28.2 Å². The van der Waals surface area contributed by atoms with Crippen LogP contribution >= 0.6 is 0 Å². The van der Waals surface area contributed by atoms with E-state index in [1.807, 2.05) is 12.1 Å². The molecule has 2 aromatic carbocycles. The molecule has 0 aliphatic heterocycles. The van der Waals surface area contributed by atoms with Gasteiger partial charge in [-0.05, 0) is 59.4 Å². The van der Waals surface area contributed by atoms with Crippen LogP contribution in [0, 0.1) is 0 Å². The fourth-order valence-electron chi connectivity index (χ4n) is 2.78. The molecule has 0 bridgehead atoms. The van der Waals surface area contributed by atoms with E-state index in [0.29, 0.717) is 0 Å². The van der Waals surface area contributed by atoms with Crippen molar-refractivity contribution in [2.45, 2.75) is 33.1 Å². The molecule has 1 heterocycles. The molecule has 0 unspecified atom stereocenters.